The van der Waals surface area contributed by atoms with Crippen molar-refractivity contribution in [3.05, 3.63) is 0 Å². The van der Waals surface area contributed by atoms with E-state index in [1.54, 1.807) is 0 Å². The van der Waals surface area contributed by atoms with Gasteiger partial charge in [0.15, 0.2) is 0 Å². The Labute approximate surface area is 114 Å². The highest BCUT2D eigenvalue weighted by Gasteiger charge is 1.93. The Bertz CT molecular complexity index is 121. The summed E-state index contributed by atoms with van der Waals surface area (Å²) in [5, 5.41) is 0. The van der Waals surface area contributed by atoms with Crippen molar-refractivity contribution in [1.82, 2.24) is 0 Å². The number of hydrogen-bond donors (Lipinski definition) is 0. The molecule has 0 aliphatic carbocycles. The van der Waals surface area contributed by atoms with Crippen molar-refractivity contribution in [1.29, 1.82) is 0 Å². The molecule has 0 heterocycles. The van der Waals surface area contributed by atoms with Gasteiger partial charge in [-0.15, -0.1) is 0 Å². The number of ether oxygens (including phenoxy) is 2. The highest BCUT2D eigenvalue weighted by atomic mass is 16.5. The fourth-order valence-electron chi connectivity index (χ4n) is 1.84. The first kappa shape index (κ1) is 17.9. The summed E-state index contributed by atoms with van der Waals surface area (Å²) in [7, 11) is 0. The number of unbranched alkanes of at least 4 members (excludes halogenated alkanes) is 7. The molecule has 2 heteroatoms. The molecule has 0 aliphatic heterocycles. The Morgan fingerprint density at radius 3 is 1.28 bits per heavy atom. The van der Waals surface area contributed by atoms with Crippen LogP contribution < -0.4 is 0 Å². The molecule has 0 aromatic carbocycles. The Balaban J connectivity index is 2.86. The average Bonchev–Trinajstić information content (AvgIpc) is 2.39. The quantitative estimate of drug-likeness (QED) is 0.386. The van der Waals surface area contributed by atoms with E-state index >= 15 is 0 Å². The molecule has 0 atom stereocenters. The van der Waals surface area contributed by atoms with Crippen LogP contribution in [0.4, 0.5) is 0 Å². The maximum absolute atomic E-state index is 5.61. The van der Waals surface area contributed by atoms with Crippen LogP contribution in [0, 0.1) is 0 Å². The van der Waals surface area contributed by atoms with Crippen LogP contribution in [0.15, 0.2) is 0 Å². The van der Waals surface area contributed by atoms with Crippen molar-refractivity contribution >= 4 is 0 Å². The molecule has 0 saturated carbocycles. The monoisotopic (exact) mass is 258 g/mol. The van der Waals surface area contributed by atoms with Crippen LogP contribution in [0.1, 0.15) is 78.1 Å². The van der Waals surface area contributed by atoms with E-state index in [4.69, 9.17) is 9.47 Å². The molecule has 110 valence electrons. The third-order valence-electron chi connectivity index (χ3n) is 3.11. The van der Waals surface area contributed by atoms with E-state index in [0.717, 1.165) is 26.4 Å². The van der Waals surface area contributed by atoms with Gasteiger partial charge in [-0.1, -0.05) is 52.4 Å². The van der Waals surface area contributed by atoms with Gasteiger partial charge in [0.05, 0.1) is 0 Å². The van der Waals surface area contributed by atoms with Crippen molar-refractivity contribution in [2.24, 2.45) is 0 Å². The van der Waals surface area contributed by atoms with E-state index < -0.39 is 0 Å². The molecule has 0 aromatic rings. The lowest BCUT2D eigenvalue weighted by atomic mass is 10.2. The van der Waals surface area contributed by atoms with E-state index in [2.05, 4.69) is 13.8 Å². The molecule has 0 saturated heterocycles. The van der Waals surface area contributed by atoms with E-state index in [0.29, 0.717) is 0 Å². The molecule has 0 spiro atoms. The molecule has 0 aliphatic rings. The number of rotatable bonds is 15. The highest BCUT2D eigenvalue weighted by Crippen LogP contribution is 2.03. The zero-order chi connectivity index (χ0) is 13.3. The van der Waals surface area contributed by atoms with Crippen LogP contribution in [0.3, 0.4) is 0 Å². The smallest absolute Gasteiger partial charge is 0.0466 e. The largest absolute Gasteiger partial charge is 0.381 e. The minimum atomic E-state index is 0.942. The molecule has 0 radical (unpaired) electrons. The summed E-state index contributed by atoms with van der Waals surface area (Å²) in [5.41, 5.74) is 0. The summed E-state index contributed by atoms with van der Waals surface area (Å²) in [6.45, 7) is 8.23. The highest BCUT2D eigenvalue weighted by molar-refractivity contribution is 4.44. The standard InChI is InChI=1S/C16H34O2/c1-3-5-7-10-14-18-16-12-9-8-11-15-17-13-6-4-2/h3-16H2,1-2H3. The molecule has 0 unspecified atom stereocenters. The van der Waals surface area contributed by atoms with Gasteiger partial charge < -0.3 is 9.47 Å². The first-order chi connectivity index (χ1) is 8.91. The van der Waals surface area contributed by atoms with Crippen LogP contribution in [-0.4, -0.2) is 26.4 Å². The van der Waals surface area contributed by atoms with Crippen molar-refractivity contribution in [3.63, 3.8) is 0 Å². The molecular weight excluding hydrogens is 224 g/mol. The van der Waals surface area contributed by atoms with Gasteiger partial charge in [-0.3, -0.25) is 0 Å². The molecule has 18 heavy (non-hydrogen) atoms. The lowest BCUT2D eigenvalue weighted by Gasteiger charge is -2.05. The van der Waals surface area contributed by atoms with Gasteiger partial charge >= 0.3 is 0 Å². The molecule has 0 aromatic heterocycles. The average molecular weight is 258 g/mol. The van der Waals surface area contributed by atoms with E-state index in [1.807, 2.05) is 0 Å². The van der Waals surface area contributed by atoms with E-state index in [9.17, 15) is 0 Å². The Hall–Kier alpha value is -0.0800. The van der Waals surface area contributed by atoms with Crippen LogP contribution in [0.25, 0.3) is 0 Å². The normalized spacial score (nSPS) is 11.0. The fraction of sp³-hybridized carbons (Fsp3) is 1.00. The lowest BCUT2D eigenvalue weighted by molar-refractivity contribution is 0.118. The zero-order valence-electron chi connectivity index (χ0n) is 12.7. The second-order valence-corrected chi connectivity index (χ2v) is 5.05. The second-order valence-electron chi connectivity index (χ2n) is 5.05. The maximum Gasteiger partial charge on any atom is 0.0466 e. The zero-order valence-corrected chi connectivity index (χ0v) is 12.7. The fourth-order valence-corrected chi connectivity index (χ4v) is 1.84. The molecule has 2 nitrogen and oxygen atoms in total. The summed E-state index contributed by atoms with van der Waals surface area (Å²) >= 11 is 0. The summed E-state index contributed by atoms with van der Waals surface area (Å²) in [4.78, 5) is 0. The lowest BCUT2D eigenvalue weighted by Crippen LogP contribution is -1.99. The Kier molecular flexibility index (Phi) is 16.8. The van der Waals surface area contributed by atoms with Crippen LogP contribution in [0.5, 0.6) is 0 Å². The summed E-state index contributed by atoms with van der Waals surface area (Å²) in [6, 6.07) is 0. The van der Waals surface area contributed by atoms with Crippen molar-refractivity contribution in [2.75, 3.05) is 26.4 Å². The SMILES string of the molecule is CCCCCCOCCCCCCOCCCC. The van der Waals surface area contributed by atoms with Crippen LogP contribution in [0.2, 0.25) is 0 Å². The van der Waals surface area contributed by atoms with Gasteiger partial charge in [-0.2, -0.15) is 0 Å². The van der Waals surface area contributed by atoms with Crippen molar-refractivity contribution in [3.8, 4) is 0 Å². The minimum absolute atomic E-state index is 0.942. The molecule has 0 amide bonds. The Morgan fingerprint density at radius 1 is 0.444 bits per heavy atom. The summed E-state index contributed by atoms with van der Waals surface area (Å²) in [6.07, 6.45) is 12.6. The minimum Gasteiger partial charge on any atom is -0.381 e. The third-order valence-corrected chi connectivity index (χ3v) is 3.11. The van der Waals surface area contributed by atoms with E-state index in [-0.39, 0.29) is 0 Å². The van der Waals surface area contributed by atoms with Gasteiger partial charge in [-0.05, 0) is 25.7 Å². The Morgan fingerprint density at radius 2 is 0.833 bits per heavy atom. The van der Waals surface area contributed by atoms with Crippen molar-refractivity contribution in [2.45, 2.75) is 78.1 Å². The van der Waals surface area contributed by atoms with Gasteiger partial charge in [0, 0.05) is 26.4 Å². The maximum atomic E-state index is 5.61. The molecule has 0 rings (SSSR count). The van der Waals surface area contributed by atoms with Crippen LogP contribution in [-0.2, 0) is 9.47 Å². The number of hydrogen-bond acceptors (Lipinski definition) is 2. The molecular formula is C16H34O2. The predicted molar refractivity (Wildman–Crippen MR) is 79.2 cm³/mol. The summed E-state index contributed by atoms with van der Waals surface area (Å²) in [5.74, 6) is 0. The van der Waals surface area contributed by atoms with Crippen LogP contribution >= 0.6 is 0 Å². The third kappa shape index (κ3) is 15.9. The van der Waals surface area contributed by atoms with Gasteiger partial charge in [0.1, 0.15) is 0 Å². The summed E-state index contributed by atoms with van der Waals surface area (Å²) < 4.78 is 11.1. The van der Waals surface area contributed by atoms with Crippen molar-refractivity contribution < 1.29 is 9.47 Å². The van der Waals surface area contributed by atoms with E-state index in [1.165, 1.54) is 64.2 Å². The predicted octanol–water partition coefficient (Wildman–Crippen LogP) is 4.96. The van der Waals surface area contributed by atoms with Gasteiger partial charge in [0.2, 0.25) is 0 Å². The van der Waals surface area contributed by atoms with Gasteiger partial charge in [-0.25, -0.2) is 0 Å². The molecule has 0 fully saturated rings. The van der Waals surface area contributed by atoms with Gasteiger partial charge in [0.25, 0.3) is 0 Å². The molecule has 0 bridgehead atoms. The first-order valence-electron chi connectivity index (χ1n) is 8.07. The first-order valence-corrected chi connectivity index (χ1v) is 8.07. The molecule has 0 N–H and O–H groups in total. The topological polar surface area (TPSA) is 18.5 Å². The second kappa shape index (κ2) is 16.9.